The van der Waals surface area contributed by atoms with Crippen LogP contribution in [0.3, 0.4) is 0 Å². The highest BCUT2D eigenvalue weighted by molar-refractivity contribution is 5.92. The van der Waals surface area contributed by atoms with Crippen molar-refractivity contribution < 1.29 is 18.7 Å². The molecule has 0 aliphatic rings. The van der Waals surface area contributed by atoms with Crippen LogP contribution in [0.2, 0.25) is 0 Å². The fourth-order valence-corrected chi connectivity index (χ4v) is 2.28. The minimum absolute atomic E-state index is 0.122. The number of amides is 1. The van der Waals surface area contributed by atoms with Crippen molar-refractivity contribution >= 4 is 22.7 Å². The Labute approximate surface area is 139 Å². The first kappa shape index (κ1) is 15.9. The Bertz CT molecular complexity index is 840. The molecule has 1 N–H and O–H groups in total. The van der Waals surface area contributed by atoms with Crippen LogP contribution in [0.15, 0.2) is 46.9 Å². The van der Waals surface area contributed by atoms with Crippen LogP contribution < -0.4 is 14.8 Å². The maximum Gasteiger partial charge on any atom is 0.227 e. The second-order valence-electron chi connectivity index (χ2n) is 5.24. The van der Waals surface area contributed by atoms with E-state index in [1.807, 2.05) is 12.1 Å². The smallest absolute Gasteiger partial charge is 0.227 e. The van der Waals surface area contributed by atoms with E-state index in [1.54, 1.807) is 44.4 Å². The molecular weight excluding hydrogens is 308 g/mol. The van der Waals surface area contributed by atoms with Gasteiger partial charge in [0, 0.05) is 12.6 Å². The Morgan fingerprint density at radius 2 is 1.92 bits per heavy atom. The predicted molar refractivity (Wildman–Crippen MR) is 90.5 cm³/mol. The van der Waals surface area contributed by atoms with Gasteiger partial charge in [0.05, 0.1) is 20.1 Å². The minimum Gasteiger partial charge on any atom is -0.497 e. The summed E-state index contributed by atoms with van der Waals surface area (Å²) in [6.45, 7) is 2.08. The average Bonchev–Trinajstić information content (AvgIpc) is 2.95. The van der Waals surface area contributed by atoms with Crippen LogP contribution in [0.25, 0.3) is 11.1 Å². The lowest BCUT2D eigenvalue weighted by Crippen LogP contribution is -2.15. The number of methoxy groups -OCH3 is 1. The van der Waals surface area contributed by atoms with Gasteiger partial charge in [-0.3, -0.25) is 4.79 Å². The van der Waals surface area contributed by atoms with Gasteiger partial charge in [-0.1, -0.05) is 0 Å². The van der Waals surface area contributed by atoms with E-state index in [4.69, 9.17) is 13.9 Å². The summed E-state index contributed by atoms with van der Waals surface area (Å²) in [5, 5.41) is 2.83. The number of nitrogens with one attached hydrogen (secondary N) is 1. The molecule has 3 aromatic rings. The monoisotopic (exact) mass is 326 g/mol. The number of rotatable bonds is 6. The third-order valence-corrected chi connectivity index (χ3v) is 3.44. The van der Waals surface area contributed by atoms with Crippen molar-refractivity contribution in [2.45, 2.75) is 13.3 Å². The van der Waals surface area contributed by atoms with E-state index in [1.165, 1.54) is 0 Å². The number of ether oxygens (including phenoxy) is 2. The Kier molecular flexibility index (Phi) is 4.65. The zero-order chi connectivity index (χ0) is 16.9. The standard InChI is InChI=1S/C18H18N2O4/c1-12-19-16-11-13(3-8-17(16)24-12)20-18(21)9-10-23-15-6-4-14(22-2)5-7-15/h3-8,11H,9-10H2,1-2H3,(H,20,21). The van der Waals surface area contributed by atoms with Crippen molar-refractivity contribution in [3.63, 3.8) is 0 Å². The van der Waals surface area contributed by atoms with Crippen molar-refractivity contribution in [1.29, 1.82) is 0 Å². The van der Waals surface area contributed by atoms with Crippen molar-refractivity contribution in [1.82, 2.24) is 4.98 Å². The van der Waals surface area contributed by atoms with Gasteiger partial charge in [0.2, 0.25) is 5.91 Å². The molecule has 0 spiro atoms. The highest BCUT2D eigenvalue weighted by atomic mass is 16.5. The largest absolute Gasteiger partial charge is 0.497 e. The first-order chi connectivity index (χ1) is 11.6. The van der Waals surface area contributed by atoms with E-state index in [-0.39, 0.29) is 12.3 Å². The number of hydrogen-bond donors (Lipinski definition) is 1. The molecule has 0 saturated heterocycles. The number of aryl methyl sites for hydroxylation is 1. The van der Waals surface area contributed by atoms with Gasteiger partial charge < -0.3 is 19.2 Å². The highest BCUT2D eigenvalue weighted by Gasteiger charge is 2.07. The lowest BCUT2D eigenvalue weighted by Gasteiger charge is -2.08. The number of aromatic nitrogens is 1. The van der Waals surface area contributed by atoms with E-state index in [0.29, 0.717) is 29.5 Å². The van der Waals surface area contributed by atoms with Gasteiger partial charge in [0.15, 0.2) is 11.5 Å². The number of anilines is 1. The van der Waals surface area contributed by atoms with Gasteiger partial charge >= 0.3 is 0 Å². The van der Waals surface area contributed by atoms with Crippen molar-refractivity contribution in [3.05, 3.63) is 48.4 Å². The number of fused-ring (bicyclic) bond motifs is 1. The second kappa shape index (κ2) is 7.04. The quantitative estimate of drug-likeness (QED) is 0.750. The summed E-state index contributed by atoms with van der Waals surface area (Å²) in [6.07, 6.45) is 0.252. The maximum atomic E-state index is 12.0. The number of nitrogens with zero attached hydrogens (tertiary/aromatic N) is 1. The van der Waals surface area contributed by atoms with Gasteiger partial charge in [-0.25, -0.2) is 4.98 Å². The predicted octanol–water partition coefficient (Wildman–Crippen LogP) is 3.55. The molecule has 6 nitrogen and oxygen atoms in total. The molecule has 2 aromatic carbocycles. The normalized spacial score (nSPS) is 10.6. The Morgan fingerprint density at radius 3 is 2.67 bits per heavy atom. The van der Waals surface area contributed by atoms with E-state index in [9.17, 15) is 4.79 Å². The number of hydrogen-bond acceptors (Lipinski definition) is 5. The molecule has 0 saturated carbocycles. The van der Waals surface area contributed by atoms with Crippen molar-refractivity contribution in [2.75, 3.05) is 19.0 Å². The van der Waals surface area contributed by atoms with Gasteiger partial charge in [-0.05, 0) is 42.5 Å². The summed E-state index contributed by atoms with van der Waals surface area (Å²) in [7, 11) is 1.61. The summed E-state index contributed by atoms with van der Waals surface area (Å²) >= 11 is 0. The van der Waals surface area contributed by atoms with Crippen LogP contribution in [0.4, 0.5) is 5.69 Å². The molecule has 0 atom stereocenters. The summed E-state index contributed by atoms with van der Waals surface area (Å²) < 4.78 is 16.0. The molecule has 1 heterocycles. The molecular formula is C18H18N2O4. The fraction of sp³-hybridized carbons (Fsp3) is 0.222. The van der Waals surface area contributed by atoms with E-state index in [2.05, 4.69) is 10.3 Å². The Balaban J connectivity index is 1.50. The molecule has 0 unspecified atom stereocenters. The third-order valence-electron chi connectivity index (χ3n) is 3.44. The number of carbonyl (C=O) groups is 1. The molecule has 0 aliphatic carbocycles. The van der Waals surface area contributed by atoms with Crippen LogP contribution in [0.1, 0.15) is 12.3 Å². The molecule has 0 radical (unpaired) electrons. The van der Waals surface area contributed by atoms with E-state index in [0.717, 1.165) is 11.3 Å². The average molecular weight is 326 g/mol. The van der Waals surface area contributed by atoms with Gasteiger partial charge in [-0.15, -0.1) is 0 Å². The topological polar surface area (TPSA) is 73.6 Å². The van der Waals surface area contributed by atoms with Crippen molar-refractivity contribution in [3.8, 4) is 11.5 Å². The summed E-state index contributed by atoms with van der Waals surface area (Å²) in [4.78, 5) is 16.2. The lowest BCUT2D eigenvalue weighted by molar-refractivity contribution is -0.116. The minimum atomic E-state index is -0.122. The molecule has 0 bridgehead atoms. The zero-order valence-electron chi connectivity index (χ0n) is 13.5. The third kappa shape index (κ3) is 3.84. The molecule has 6 heteroatoms. The van der Waals surface area contributed by atoms with E-state index >= 15 is 0 Å². The number of oxazole rings is 1. The second-order valence-corrected chi connectivity index (χ2v) is 5.24. The summed E-state index contributed by atoms with van der Waals surface area (Å²) in [6, 6.07) is 12.6. The molecule has 0 fully saturated rings. The SMILES string of the molecule is COc1ccc(OCCC(=O)Nc2ccc3oc(C)nc3c2)cc1. The Morgan fingerprint density at radius 1 is 1.17 bits per heavy atom. The first-order valence-electron chi connectivity index (χ1n) is 7.58. The summed E-state index contributed by atoms with van der Waals surface area (Å²) in [5.74, 6) is 1.94. The summed E-state index contributed by atoms with van der Waals surface area (Å²) in [5.41, 5.74) is 2.11. The number of benzene rings is 2. The molecule has 1 amide bonds. The first-order valence-corrected chi connectivity index (χ1v) is 7.58. The van der Waals surface area contributed by atoms with Gasteiger partial charge in [0.25, 0.3) is 0 Å². The van der Waals surface area contributed by atoms with Crippen LogP contribution in [0.5, 0.6) is 11.5 Å². The fourth-order valence-electron chi connectivity index (χ4n) is 2.28. The highest BCUT2D eigenvalue weighted by Crippen LogP contribution is 2.20. The number of carbonyl (C=O) groups excluding carboxylic acids is 1. The van der Waals surface area contributed by atoms with Crippen LogP contribution in [0, 0.1) is 6.92 Å². The van der Waals surface area contributed by atoms with Crippen LogP contribution >= 0.6 is 0 Å². The maximum absolute atomic E-state index is 12.0. The van der Waals surface area contributed by atoms with Crippen molar-refractivity contribution in [2.24, 2.45) is 0 Å². The van der Waals surface area contributed by atoms with Crippen LogP contribution in [-0.2, 0) is 4.79 Å². The molecule has 3 rings (SSSR count). The molecule has 124 valence electrons. The Hall–Kier alpha value is -3.02. The molecule has 1 aromatic heterocycles. The van der Waals surface area contributed by atoms with E-state index < -0.39 is 0 Å². The van der Waals surface area contributed by atoms with Gasteiger partial charge in [-0.2, -0.15) is 0 Å². The lowest BCUT2D eigenvalue weighted by atomic mass is 10.2. The molecule has 24 heavy (non-hydrogen) atoms. The zero-order valence-corrected chi connectivity index (χ0v) is 13.5. The van der Waals surface area contributed by atoms with Gasteiger partial charge in [0.1, 0.15) is 17.0 Å². The van der Waals surface area contributed by atoms with Crippen LogP contribution in [-0.4, -0.2) is 24.6 Å². The molecule has 0 aliphatic heterocycles.